The molecule has 24 heavy (non-hydrogen) atoms. The number of fused-ring (bicyclic) bond motifs is 1. The van der Waals surface area contributed by atoms with Crippen molar-refractivity contribution in [3.63, 3.8) is 0 Å². The Morgan fingerprint density at radius 2 is 2.12 bits per heavy atom. The SMILES string of the molecule is C=C1CC23CC1C(O)CC2C12CCCC(C)(C(=O)O1)C2C3C(=O)O. The highest BCUT2D eigenvalue weighted by atomic mass is 16.6. The highest BCUT2D eigenvalue weighted by molar-refractivity contribution is 5.84. The Hall–Kier alpha value is -1.36. The number of aliphatic hydroxyl groups excluding tert-OH is 1. The van der Waals surface area contributed by atoms with Crippen molar-refractivity contribution >= 4 is 11.9 Å². The number of carbonyl (C=O) groups excluding carboxylic acids is 1. The van der Waals surface area contributed by atoms with Crippen LogP contribution >= 0.6 is 0 Å². The maximum absolute atomic E-state index is 12.7. The summed E-state index contributed by atoms with van der Waals surface area (Å²) >= 11 is 0. The lowest BCUT2D eigenvalue weighted by Gasteiger charge is -2.45. The molecule has 5 nitrogen and oxygen atoms in total. The zero-order valence-electron chi connectivity index (χ0n) is 14.0. The Bertz CT molecular complexity index is 685. The summed E-state index contributed by atoms with van der Waals surface area (Å²) < 4.78 is 6.04. The predicted octanol–water partition coefficient (Wildman–Crippen LogP) is 2.14. The topological polar surface area (TPSA) is 83.8 Å². The van der Waals surface area contributed by atoms with Crippen LogP contribution in [0.4, 0.5) is 0 Å². The summed E-state index contributed by atoms with van der Waals surface area (Å²) in [5.41, 5.74) is -0.802. The van der Waals surface area contributed by atoms with Gasteiger partial charge in [-0.05, 0) is 50.9 Å². The third kappa shape index (κ3) is 1.32. The van der Waals surface area contributed by atoms with E-state index in [0.717, 1.165) is 18.4 Å². The molecule has 4 bridgehead atoms. The van der Waals surface area contributed by atoms with Crippen LogP contribution in [-0.4, -0.2) is 33.9 Å². The molecule has 0 radical (unpaired) electrons. The normalized spacial score (nSPS) is 57.5. The molecule has 5 rings (SSSR count). The van der Waals surface area contributed by atoms with E-state index in [4.69, 9.17) is 4.74 Å². The van der Waals surface area contributed by atoms with Crippen molar-refractivity contribution < 1.29 is 24.5 Å². The number of carboxylic acid groups (broad SMARTS) is 1. The molecule has 8 unspecified atom stereocenters. The first-order chi connectivity index (χ1) is 11.3. The van der Waals surface area contributed by atoms with Gasteiger partial charge in [-0.3, -0.25) is 9.59 Å². The number of aliphatic carboxylic acids is 1. The molecule has 0 amide bonds. The largest absolute Gasteiger partial charge is 0.481 e. The van der Waals surface area contributed by atoms with Gasteiger partial charge in [0.1, 0.15) is 5.60 Å². The van der Waals surface area contributed by atoms with Gasteiger partial charge in [-0.1, -0.05) is 12.2 Å². The fraction of sp³-hybridized carbons (Fsp3) is 0.789. The lowest BCUT2D eigenvalue weighted by Crippen LogP contribution is -2.48. The van der Waals surface area contributed by atoms with Crippen LogP contribution in [0.1, 0.15) is 45.4 Å². The van der Waals surface area contributed by atoms with Gasteiger partial charge in [0.15, 0.2) is 0 Å². The van der Waals surface area contributed by atoms with Gasteiger partial charge in [-0.15, -0.1) is 0 Å². The Labute approximate surface area is 141 Å². The third-order valence-corrected chi connectivity index (χ3v) is 8.35. The molecule has 1 spiro atoms. The van der Waals surface area contributed by atoms with Gasteiger partial charge in [0.05, 0.1) is 17.4 Å². The van der Waals surface area contributed by atoms with Crippen molar-refractivity contribution in [1.82, 2.24) is 0 Å². The van der Waals surface area contributed by atoms with E-state index in [9.17, 15) is 19.8 Å². The number of aliphatic hydroxyl groups is 1. The van der Waals surface area contributed by atoms with Gasteiger partial charge in [0, 0.05) is 17.8 Å². The smallest absolute Gasteiger partial charge is 0.312 e. The van der Waals surface area contributed by atoms with Gasteiger partial charge in [-0.25, -0.2) is 0 Å². The summed E-state index contributed by atoms with van der Waals surface area (Å²) in [7, 11) is 0. The van der Waals surface area contributed by atoms with E-state index >= 15 is 0 Å². The van der Waals surface area contributed by atoms with Crippen molar-refractivity contribution in [3.05, 3.63) is 12.2 Å². The number of hydrogen-bond acceptors (Lipinski definition) is 4. The minimum Gasteiger partial charge on any atom is -0.481 e. The van der Waals surface area contributed by atoms with Crippen molar-refractivity contribution in [2.75, 3.05) is 0 Å². The van der Waals surface area contributed by atoms with E-state index in [-0.39, 0.29) is 23.7 Å². The van der Waals surface area contributed by atoms with Gasteiger partial charge >= 0.3 is 11.9 Å². The summed E-state index contributed by atoms with van der Waals surface area (Å²) in [6.45, 7) is 6.05. The van der Waals surface area contributed by atoms with Crippen LogP contribution in [0.3, 0.4) is 0 Å². The number of hydrogen-bond donors (Lipinski definition) is 2. The molecule has 2 N–H and O–H groups in total. The van der Waals surface area contributed by atoms with Crippen LogP contribution in [0.15, 0.2) is 12.2 Å². The molecule has 8 atom stereocenters. The summed E-state index contributed by atoms with van der Waals surface area (Å²) in [5.74, 6) is -1.93. The Morgan fingerprint density at radius 3 is 2.83 bits per heavy atom. The molecule has 5 aliphatic rings. The molecule has 0 aromatic heterocycles. The Kier molecular flexibility index (Phi) is 2.53. The molecule has 1 heterocycles. The molecular weight excluding hydrogens is 308 g/mol. The van der Waals surface area contributed by atoms with Crippen molar-refractivity contribution in [2.24, 2.45) is 34.5 Å². The number of carbonyl (C=O) groups is 2. The summed E-state index contributed by atoms with van der Waals surface area (Å²) in [5, 5.41) is 20.8. The molecule has 1 saturated heterocycles. The minimum atomic E-state index is -0.803. The molecule has 1 aliphatic heterocycles. The van der Waals surface area contributed by atoms with E-state index in [1.165, 1.54) is 0 Å². The maximum Gasteiger partial charge on any atom is 0.312 e. The van der Waals surface area contributed by atoms with E-state index in [1.807, 2.05) is 6.92 Å². The van der Waals surface area contributed by atoms with Crippen LogP contribution in [0.25, 0.3) is 0 Å². The first kappa shape index (κ1) is 14.9. The van der Waals surface area contributed by atoms with Crippen molar-refractivity contribution in [1.29, 1.82) is 0 Å². The average molecular weight is 332 g/mol. The zero-order valence-corrected chi connectivity index (χ0v) is 14.0. The fourth-order valence-corrected chi connectivity index (χ4v) is 7.68. The molecule has 5 fully saturated rings. The molecule has 0 aromatic rings. The van der Waals surface area contributed by atoms with Crippen molar-refractivity contribution in [3.8, 4) is 0 Å². The molecule has 130 valence electrons. The van der Waals surface area contributed by atoms with Crippen LogP contribution in [0, 0.1) is 34.5 Å². The predicted molar refractivity (Wildman–Crippen MR) is 83.8 cm³/mol. The number of carboxylic acids is 1. The van der Waals surface area contributed by atoms with Gasteiger partial charge in [0.2, 0.25) is 0 Å². The second-order valence-electron chi connectivity index (χ2n) is 9.14. The van der Waals surface area contributed by atoms with E-state index in [0.29, 0.717) is 25.7 Å². The molecule has 0 aromatic carbocycles. The zero-order chi connectivity index (χ0) is 17.1. The first-order valence-electron chi connectivity index (χ1n) is 9.08. The monoisotopic (exact) mass is 332 g/mol. The molecule has 4 saturated carbocycles. The second kappa shape index (κ2) is 4.06. The molecular formula is C19H24O5. The summed E-state index contributed by atoms with van der Waals surface area (Å²) in [6, 6.07) is 0. The first-order valence-corrected chi connectivity index (χ1v) is 9.08. The lowest BCUT2D eigenvalue weighted by molar-refractivity contribution is -0.163. The summed E-state index contributed by atoms with van der Waals surface area (Å²) in [4.78, 5) is 25.1. The molecule has 5 heteroatoms. The van der Waals surface area contributed by atoms with Crippen molar-refractivity contribution in [2.45, 2.75) is 57.2 Å². The third-order valence-electron chi connectivity index (χ3n) is 8.35. The van der Waals surface area contributed by atoms with Crippen LogP contribution in [0.2, 0.25) is 0 Å². The van der Waals surface area contributed by atoms with Crippen LogP contribution < -0.4 is 0 Å². The molecule has 4 aliphatic carbocycles. The highest BCUT2D eigenvalue weighted by Gasteiger charge is 2.82. The standard InChI is InChI=1S/C19H24O5/c1-9-7-18-8-10(9)11(20)6-12(18)19-5-3-4-17(2,16(23)24-19)14(19)13(18)15(21)22/h10-14,20H,1,3-8H2,2H3,(H,21,22). The quantitative estimate of drug-likeness (QED) is 0.568. The van der Waals surface area contributed by atoms with Gasteiger partial charge in [-0.2, -0.15) is 0 Å². The second-order valence-corrected chi connectivity index (χ2v) is 9.14. The summed E-state index contributed by atoms with van der Waals surface area (Å²) in [6.07, 6.45) is 3.71. The van der Waals surface area contributed by atoms with Gasteiger partial charge in [0.25, 0.3) is 0 Å². The minimum absolute atomic E-state index is 0.00156. The van der Waals surface area contributed by atoms with Crippen LogP contribution in [0.5, 0.6) is 0 Å². The van der Waals surface area contributed by atoms with Gasteiger partial charge < -0.3 is 14.9 Å². The number of rotatable bonds is 1. The van der Waals surface area contributed by atoms with E-state index < -0.39 is 34.4 Å². The van der Waals surface area contributed by atoms with Crippen LogP contribution in [-0.2, 0) is 14.3 Å². The maximum atomic E-state index is 12.7. The van der Waals surface area contributed by atoms with E-state index in [1.54, 1.807) is 0 Å². The Balaban J connectivity index is 1.75. The lowest BCUT2D eigenvalue weighted by atomic mass is 9.60. The number of ether oxygens (including phenoxy) is 1. The fourth-order valence-electron chi connectivity index (χ4n) is 7.68. The highest BCUT2D eigenvalue weighted by Crippen LogP contribution is 2.77. The average Bonchev–Trinajstić information content (AvgIpc) is 2.96. The number of esters is 1. The Morgan fingerprint density at radius 1 is 1.38 bits per heavy atom. The van der Waals surface area contributed by atoms with E-state index in [2.05, 4.69) is 6.58 Å².